The van der Waals surface area contributed by atoms with Crippen molar-refractivity contribution in [2.75, 3.05) is 18.5 Å². The quantitative estimate of drug-likeness (QED) is 0.882. The van der Waals surface area contributed by atoms with E-state index in [0.29, 0.717) is 24.0 Å². The number of hydrogen-bond acceptors (Lipinski definition) is 4. The molecular formula is C16H16ClN3O2. The zero-order valence-electron chi connectivity index (χ0n) is 12.1. The van der Waals surface area contributed by atoms with Crippen molar-refractivity contribution in [1.82, 2.24) is 10.3 Å². The van der Waals surface area contributed by atoms with Gasteiger partial charge in [0.15, 0.2) is 6.10 Å². The molecule has 0 radical (unpaired) electrons. The summed E-state index contributed by atoms with van der Waals surface area (Å²) in [7, 11) is 1.61. The number of amides is 1. The fraction of sp³-hybridized carbons (Fsp3) is 0.250. The SMILES string of the molecule is CNC(=O)[C@H]1CN(Cc2ccnc(Cl)c2)c2ccccc2O1. The lowest BCUT2D eigenvalue weighted by Crippen LogP contribution is -2.47. The largest absolute Gasteiger partial charge is 0.477 e. The van der Waals surface area contributed by atoms with Crippen LogP contribution < -0.4 is 15.0 Å². The van der Waals surface area contributed by atoms with Gasteiger partial charge in [0.25, 0.3) is 5.91 Å². The lowest BCUT2D eigenvalue weighted by atomic mass is 10.1. The predicted octanol–water partition coefficient (Wildman–Crippen LogP) is 2.25. The van der Waals surface area contributed by atoms with Crippen LogP contribution in [0.4, 0.5) is 5.69 Å². The summed E-state index contributed by atoms with van der Waals surface area (Å²) >= 11 is 5.95. The molecule has 5 nitrogen and oxygen atoms in total. The minimum absolute atomic E-state index is 0.132. The zero-order chi connectivity index (χ0) is 15.5. The molecule has 0 saturated heterocycles. The van der Waals surface area contributed by atoms with Gasteiger partial charge in [0.05, 0.1) is 12.2 Å². The van der Waals surface area contributed by atoms with Crippen molar-refractivity contribution >= 4 is 23.2 Å². The Balaban J connectivity index is 1.89. The Morgan fingerprint density at radius 3 is 3.05 bits per heavy atom. The standard InChI is InChI=1S/C16H16ClN3O2/c1-18-16(21)14-10-20(9-11-6-7-19-15(17)8-11)12-4-2-3-5-13(12)22-14/h2-8,14H,9-10H2,1H3,(H,18,21)/t14-/m1/s1. The molecule has 22 heavy (non-hydrogen) atoms. The Kier molecular flexibility index (Phi) is 4.15. The number of anilines is 1. The van der Waals surface area contributed by atoms with Gasteiger partial charge in [-0.25, -0.2) is 4.98 Å². The highest BCUT2D eigenvalue weighted by molar-refractivity contribution is 6.29. The summed E-state index contributed by atoms with van der Waals surface area (Å²) in [6, 6.07) is 11.4. The summed E-state index contributed by atoms with van der Waals surface area (Å²) in [6.07, 6.45) is 1.15. The second-order valence-corrected chi connectivity index (χ2v) is 5.44. The number of halogens is 1. The van der Waals surface area contributed by atoms with Crippen molar-refractivity contribution in [1.29, 1.82) is 0 Å². The Labute approximate surface area is 133 Å². The maximum absolute atomic E-state index is 11.9. The number of nitrogens with one attached hydrogen (secondary N) is 1. The van der Waals surface area contributed by atoms with Crippen LogP contribution in [0.15, 0.2) is 42.6 Å². The van der Waals surface area contributed by atoms with E-state index < -0.39 is 6.10 Å². The summed E-state index contributed by atoms with van der Waals surface area (Å²) in [5.74, 6) is 0.578. The molecule has 6 heteroatoms. The van der Waals surface area contributed by atoms with Crippen LogP contribution in [0, 0.1) is 0 Å². The van der Waals surface area contributed by atoms with E-state index >= 15 is 0 Å². The Hall–Kier alpha value is -2.27. The van der Waals surface area contributed by atoms with E-state index in [-0.39, 0.29) is 5.91 Å². The number of likely N-dealkylation sites (N-methyl/N-ethyl adjacent to an activating group) is 1. The molecular weight excluding hydrogens is 302 g/mol. The number of para-hydroxylation sites is 2. The average Bonchev–Trinajstić information content (AvgIpc) is 2.54. The number of hydrogen-bond donors (Lipinski definition) is 1. The molecule has 3 rings (SSSR count). The Morgan fingerprint density at radius 1 is 1.45 bits per heavy atom. The van der Waals surface area contributed by atoms with Gasteiger partial charge in [-0.2, -0.15) is 0 Å². The number of pyridine rings is 1. The summed E-state index contributed by atoms with van der Waals surface area (Å²) in [4.78, 5) is 18.0. The van der Waals surface area contributed by atoms with E-state index in [2.05, 4.69) is 15.2 Å². The zero-order valence-corrected chi connectivity index (χ0v) is 12.9. The molecule has 0 saturated carbocycles. The lowest BCUT2D eigenvalue weighted by Gasteiger charge is -2.35. The summed E-state index contributed by atoms with van der Waals surface area (Å²) in [5.41, 5.74) is 2.00. The molecule has 1 amide bonds. The van der Waals surface area contributed by atoms with E-state index in [1.54, 1.807) is 13.2 Å². The third-order valence-electron chi connectivity index (χ3n) is 3.56. The van der Waals surface area contributed by atoms with Crippen molar-refractivity contribution in [3.63, 3.8) is 0 Å². The highest BCUT2D eigenvalue weighted by Crippen LogP contribution is 2.34. The van der Waals surface area contributed by atoms with Crippen molar-refractivity contribution in [2.24, 2.45) is 0 Å². The maximum Gasteiger partial charge on any atom is 0.262 e. The minimum Gasteiger partial charge on any atom is -0.477 e. The number of aromatic nitrogens is 1. The van der Waals surface area contributed by atoms with Crippen molar-refractivity contribution in [3.05, 3.63) is 53.3 Å². The molecule has 2 heterocycles. The van der Waals surface area contributed by atoms with Gasteiger partial charge in [0, 0.05) is 19.8 Å². The van der Waals surface area contributed by atoms with Crippen LogP contribution in [0.5, 0.6) is 5.75 Å². The van der Waals surface area contributed by atoms with Crippen LogP contribution in [0.1, 0.15) is 5.56 Å². The third kappa shape index (κ3) is 2.99. The van der Waals surface area contributed by atoms with Gasteiger partial charge in [0.2, 0.25) is 0 Å². The maximum atomic E-state index is 11.9. The van der Waals surface area contributed by atoms with E-state index in [4.69, 9.17) is 16.3 Å². The lowest BCUT2D eigenvalue weighted by molar-refractivity contribution is -0.127. The topological polar surface area (TPSA) is 54.5 Å². The Morgan fingerprint density at radius 2 is 2.27 bits per heavy atom. The molecule has 1 aromatic carbocycles. The molecule has 1 aromatic heterocycles. The molecule has 0 fully saturated rings. The van der Waals surface area contributed by atoms with Gasteiger partial charge in [-0.3, -0.25) is 4.79 Å². The molecule has 0 spiro atoms. The summed E-state index contributed by atoms with van der Waals surface area (Å²) < 4.78 is 5.78. The first-order valence-electron chi connectivity index (χ1n) is 7.00. The van der Waals surface area contributed by atoms with Crippen molar-refractivity contribution in [2.45, 2.75) is 12.6 Å². The highest BCUT2D eigenvalue weighted by Gasteiger charge is 2.29. The smallest absolute Gasteiger partial charge is 0.262 e. The van der Waals surface area contributed by atoms with E-state index in [9.17, 15) is 4.79 Å². The third-order valence-corrected chi connectivity index (χ3v) is 3.77. The first kappa shape index (κ1) is 14.7. The normalized spacial score (nSPS) is 16.6. The van der Waals surface area contributed by atoms with Gasteiger partial charge in [-0.15, -0.1) is 0 Å². The van der Waals surface area contributed by atoms with Crippen LogP contribution in [-0.2, 0) is 11.3 Å². The average molecular weight is 318 g/mol. The first-order chi connectivity index (χ1) is 10.7. The molecule has 1 aliphatic heterocycles. The van der Waals surface area contributed by atoms with Gasteiger partial charge < -0.3 is 15.0 Å². The van der Waals surface area contributed by atoms with Crippen LogP contribution in [-0.4, -0.2) is 30.6 Å². The fourth-order valence-electron chi connectivity index (χ4n) is 2.52. The predicted molar refractivity (Wildman–Crippen MR) is 85.2 cm³/mol. The van der Waals surface area contributed by atoms with Gasteiger partial charge in [-0.05, 0) is 29.8 Å². The van der Waals surface area contributed by atoms with E-state index in [1.165, 1.54) is 0 Å². The summed E-state index contributed by atoms with van der Waals surface area (Å²) in [5, 5.41) is 3.10. The first-order valence-corrected chi connectivity index (χ1v) is 7.38. The number of benzene rings is 1. The minimum atomic E-state index is -0.530. The molecule has 0 unspecified atom stereocenters. The number of carbonyl (C=O) groups excluding carboxylic acids is 1. The van der Waals surface area contributed by atoms with Crippen LogP contribution in [0.25, 0.3) is 0 Å². The van der Waals surface area contributed by atoms with Gasteiger partial charge >= 0.3 is 0 Å². The number of carbonyl (C=O) groups is 1. The monoisotopic (exact) mass is 317 g/mol. The number of fused-ring (bicyclic) bond motifs is 1. The molecule has 2 aromatic rings. The second kappa shape index (κ2) is 6.23. The molecule has 114 valence electrons. The van der Waals surface area contributed by atoms with Crippen LogP contribution in [0.2, 0.25) is 5.15 Å². The molecule has 1 atom stereocenters. The van der Waals surface area contributed by atoms with Gasteiger partial charge in [-0.1, -0.05) is 23.7 Å². The molecule has 0 bridgehead atoms. The van der Waals surface area contributed by atoms with E-state index in [0.717, 1.165) is 11.3 Å². The van der Waals surface area contributed by atoms with Crippen LogP contribution >= 0.6 is 11.6 Å². The molecule has 0 aliphatic carbocycles. The van der Waals surface area contributed by atoms with Crippen LogP contribution in [0.3, 0.4) is 0 Å². The summed E-state index contributed by atoms with van der Waals surface area (Å²) in [6.45, 7) is 1.12. The second-order valence-electron chi connectivity index (χ2n) is 5.06. The van der Waals surface area contributed by atoms with Gasteiger partial charge in [0.1, 0.15) is 10.9 Å². The van der Waals surface area contributed by atoms with Crippen molar-refractivity contribution in [3.8, 4) is 5.75 Å². The number of nitrogens with zero attached hydrogens (tertiary/aromatic N) is 2. The van der Waals surface area contributed by atoms with Crippen molar-refractivity contribution < 1.29 is 9.53 Å². The highest BCUT2D eigenvalue weighted by atomic mass is 35.5. The van der Waals surface area contributed by atoms with E-state index in [1.807, 2.05) is 36.4 Å². The molecule has 1 N–H and O–H groups in total. The molecule has 1 aliphatic rings. The Bertz CT molecular complexity index is 693. The number of rotatable bonds is 3. The fourth-order valence-corrected chi connectivity index (χ4v) is 2.71. The number of ether oxygens (including phenoxy) is 1.